The minimum atomic E-state index is -4.11. The molecule has 0 aliphatic rings. The Bertz CT molecular complexity index is 272. The predicted octanol–water partition coefficient (Wildman–Crippen LogP) is 3.65. The molecule has 1 aromatic carbocycles. The number of benzene rings is 1. The van der Waals surface area contributed by atoms with Crippen LogP contribution in [-0.4, -0.2) is 6.18 Å². The van der Waals surface area contributed by atoms with Crippen molar-refractivity contribution in [3.8, 4) is 0 Å². The standard InChI is InChI=1S/C10H9F3/c11-10(12,13)8-4-7-9-5-2-1-3-6-9/h1-7H,8H2/b7-4+. The summed E-state index contributed by atoms with van der Waals surface area (Å²) in [5.74, 6) is 0. The Morgan fingerprint density at radius 1 is 1.08 bits per heavy atom. The molecule has 0 heterocycles. The Morgan fingerprint density at radius 2 is 1.69 bits per heavy atom. The molecule has 0 fully saturated rings. The first kappa shape index (κ1) is 9.84. The van der Waals surface area contributed by atoms with E-state index in [1.165, 1.54) is 6.08 Å². The van der Waals surface area contributed by atoms with Crippen LogP contribution in [0.2, 0.25) is 0 Å². The predicted molar refractivity (Wildman–Crippen MR) is 46.1 cm³/mol. The zero-order valence-electron chi connectivity index (χ0n) is 6.88. The van der Waals surface area contributed by atoms with Crippen LogP contribution >= 0.6 is 0 Å². The first-order chi connectivity index (χ1) is 6.08. The van der Waals surface area contributed by atoms with Crippen LogP contribution in [0.15, 0.2) is 36.4 Å². The fourth-order valence-corrected chi connectivity index (χ4v) is 0.893. The molecule has 3 heteroatoms. The van der Waals surface area contributed by atoms with Gasteiger partial charge in [-0.05, 0) is 5.56 Å². The van der Waals surface area contributed by atoms with Crippen molar-refractivity contribution in [1.82, 2.24) is 0 Å². The van der Waals surface area contributed by atoms with E-state index in [0.29, 0.717) is 0 Å². The molecule has 0 unspecified atom stereocenters. The van der Waals surface area contributed by atoms with Crippen molar-refractivity contribution in [2.45, 2.75) is 12.6 Å². The number of hydrogen-bond donors (Lipinski definition) is 0. The van der Waals surface area contributed by atoms with Crippen molar-refractivity contribution >= 4 is 6.08 Å². The summed E-state index contributed by atoms with van der Waals surface area (Å²) < 4.78 is 35.1. The summed E-state index contributed by atoms with van der Waals surface area (Å²) in [5.41, 5.74) is 0.784. The van der Waals surface area contributed by atoms with Gasteiger partial charge >= 0.3 is 6.18 Å². The molecule has 0 N–H and O–H groups in total. The van der Waals surface area contributed by atoms with E-state index in [0.717, 1.165) is 11.6 Å². The van der Waals surface area contributed by atoms with E-state index in [4.69, 9.17) is 0 Å². The van der Waals surface area contributed by atoms with E-state index >= 15 is 0 Å². The van der Waals surface area contributed by atoms with Gasteiger partial charge in [0.25, 0.3) is 0 Å². The Hall–Kier alpha value is -1.25. The third kappa shape index (κ3) is 4.35. The summed E-state index contributed by atoms with van der Waals surface area (Å²) in [6.45, 7) is 0. The lowest BCUT2D eigenvalue weighted by atomic mass is 10.2. The molecule has 1 aromatic rings. The van der Waals surface area contributed by atoms with Gasteiger partial charge in [-0.2, -0.15) is 13.2 Å². The van der Waals surface area contributed by atoms with Gasteiger partial charge in [0.15, 0.2) is 0 Å². The largest absolute Gasteiger partial charge is 0.392 e. The van der Waals surface area contributed by atoms with Crippen LogP contribution in [0.3, 0.4) is 0 Å². The Kier molecular flexibility index (Phi) is 3.12. The first-order valence-corrected chi connectivity index (χ1v) is 3.86. The summed E-state index contributed by atoms with van der Waals surface area (Å²) in [6, 6.07) is 8.90. The highest BCUT2D eigenvalue weighted by Gasteiger charge is 2.24. The van der Waals surface area contributed by atoms with E-state index in [2.05, 4.69) is 0 Å². The maximum Gasteiger partial charge on any atom is 0.392 e. The molecule has 0 aromatic heterocycles. The molecule has 0 atom stereocenters. The molecule has 70 valence electrons. The molecule has 0 bridgehead atoms. The monoisotopic (exact) mass is 186 g/mol. The second kappa shape index (κ2) is 4.12. The third-order valence-electron chi connectivity index (χ3n) is 1.46. The van der Waals surface area contributed by atoms with Gasteiger partial charge in [-0.15, -0.1) is 0 Å². The molecular weight excluding hydrogens is 177 g/mol. The molecule has 1 rings (SSSR count). The summed E-state index contributed by atoms with van der Waals surface area (Å²) in [6.07, 6.45) is -2.39. The molecule has 13 heavy (non-hydrogen) atoms. The van der Waals surface area contributed by atoms with Crippen molar-refractivity contribution in [2.24, 2.45) is 0 Å². The number of allylic oxidation sites excluding steroid dienone is 1. The average molecular weight is 186 g/mol. The molecule has 0 radical (unpaired) electrons. The average Bonchev–Trinajstić information content (AvgIpc) is 2.04. The topological polar surface area (TPSA) is 0 Å². The zero-order chi connectivity index (χ0) is 9.73. The quantitative estimate of drug-likeness (QED) is 0.661. The van der Waals surface area contributed by atoms with Crippen LogP contribution in [-0.2, 0) is 0 Å². The smallest absolute Gasteiger partial charge is 0.171 e. The van der Waals surface area contributed by atoms with Crippen LogP contribution in [0, 0.1) is 0 Å². The summed E-state index contributed by atoms with van der Waals surface area (Å²) in [7, 11) is 0. The van der Waals surface area contributed by atoms with Gasteiger partial charge in [-0.1, -0.05) is 42.5 Å². The molecule has 0 spiro atoms. The molecular formula is C10H9F3. The van der Waals surface area contributed by atoms with Gasteiger partial charge in [0.05, 0.1) is 6.42 Å². The van der Waals surface area contributed by atoms with Crippen LogP contribution in [0.5, 0.6) is 0 Å². The highest BCUT2D eigenvalue weighted by molar-refractivity contribution is 5.48. The Morgan fingerprint density at radius 3 is 2.23 bits per heavy atom. The highest BCUT2D eigenvalue weighted by Crippen LogP contribution is 2.20. The molecule has 0 saturated heterocycles. The molecule has 0 amide bonds. The Balaban J connectivity index is 2.51. The maximum absolute atomic E-state index is 11.7. The van der Waals surface area contributed by atoms with Crippen LogP contribution in [0.1, 0.15) is 12.0 Å². The van der Waals surface area contributed by atoms with Gasteiger partial charge < -0.3 is 0 Å². The zero-order valence-corrected chi connectivity index (χ0v) is 6.88. The van der Waals surface area contributed by atoms with Crippen molar-refractivity contribution in [1.29, 1.82) is 0 Å². The molecule has 0 nitrogen and oxygen atoms in total. The fraction of sp³-hybridized carbons (Fsp3) is 0.200. The number of hydrogen-bond acceptors (Lipinski definition) is 0. The molecule has 0 aliphatic heterocycles. The summed E-state index contributed by atoms with van der Waals surface area (Å²) in [4.78, 5) is 0. The molecule has 0 saturated carbocycles. The lowest BCUT2D eigenvalue weighted by Crippen LogP contribution is -2.03. The fourth-order valence-electron chi connectivity index (χ4n) is 0.893. The second-order valence-corrected chi connectivity index (χ2v) is 2.63. The lowest BCUT2D eigenvalue weighted by Gasteiger charge is -1.99. The lowest BCUT2D eigenvalue weighted by molar-refractivity contribution is -0.124. The number of rotatable bonds is 2. The number of halogens is 3. The van der Waals surface area contributed by atoms with Gasteiger partial charge in [-0.25, -0.2) is 0 Å². The van der Waals surface area contributed by atoms with Crippen molar-refractivity contribution < 1.29 is 13.2 Å². The Labute approximate surface area is 74.7 Å². The van der Waals surface area contributed by atoms with E-state index in [1.807, 2.05) is 6.07 Å². The van der Waals surface area contributed by atoms with Crippen molar-refractivity contribution in [3.05, 3.63) is 42.0 Å². The van der Waals surface area contributed by atoms with Crippen LogP contribution in [0.4, 0.5) is 13.2 Å². The molecule has 0 aliphatic carbocycles. The van der Waals surface area contributed by atoms with Gasteiger partial charge in [0.2, 0.25) is 0 Å². The highest BCUT2D eigenvalue weighted by atomic mass is 19.4. The summed E-state index contributed by atoms with van der Waals surface area (Å²) >= 11 is 0. The minimum absolute atomic E-state index is 0.784. The van der Waals surface area contributed by atoms with E-state index in [-0.39, 0.29) is 0 Å². The normalized spacial score (nSPS) is 12.2. The van der Waals surface area contributed by atoms with Gasteiger partial charge in [0.1, 0.15) is 0 Å². The second-order valence-electron chi connectivity index (χ2n) is 2.63. The van der Waals surface area contributed by atoms with Crippen LogP contribution in [0.25, 0.3) is 6.08 Å². The van der Waals surface area contributed by atoms with Gasteiger partial charge in [0, 0.05) is 0 Å². The minimum Gasteiger partial charge on any atom is -0.171 e. The van der Waals surface area contributed by atoms with Crippen molar-refractivity contribution in [2.75, 3.05) is 0 Å². The van der Waals surface area contributed by atoms with E-state index in [1.54, 1.807) is 24.3 Å². The number of alkyl halides is 3. The SMILES string of the molecule is FC(F)(F)C/C=C/c1ccccc1. The first-order valence-electron chi connectivity index (χ1n) is 3.86. The summed E-state index contributed by atoms with van der Waals surface area (Å²) in [5, 5.41) is 0. The van der Waals surface area contributed by atoms with Crippen LogP contribution < -0.4 is 0 Å². The van der Waals surface area contributed by atoms with E-state index in [9.17, 15) is 13.2 Å². The maximum atomic E-state index is 11.7. The van der Waals surface area contributed by atoms with Crippen molar-refractivity contribution in [3.63, 3.8) is 0 Å². The van der Waals surface area contributed by atoms with E-state index < -0.39 is 12.6 Å². The third-order valence-corrected chi connectivity index (χ3v) is 1.46. The van der Waals surface area contributed by atoms with Gasteiger partial charge in [-0.3, -0.25) is 0 Å².